The van der Waals surface area contributed by atoms with Gasteiger partial charge in [-0.3, -0.25) is 4.79 Å². The van der Waals surface area contributed by atoms with Gasteiger partial charge in [0.15, 0.2) is 6.54 Å². The maximum absolute atomic E-state index is 12.7. The fourth-order valence-electron chi connectivity index (χ4n) is 3.95. The maximum Gasteiger partial charge on any atom is 0.277 e. The highest BCUT2D eigenvalue weighted by atomic mass is 16.5. The number of para-hydroxylation sites is 2. The molecule has 1 amide bonds. The molecule has 1 unspecified atom stereocenters. The molecule has 3 atom stereocenters. The number of ether oxygens (including phenoxy) is 2. The third kappa shape index (κ3) is 4.44. The third-order valence-corrected chi connectivity index (χ3v) is 5.08. The van der Waals surface area contributed by atoms with Crippen LogP contribution in [0.5, 0.6) is 5.75 Å². The number of morpholine rings is 1. The number of methoxy groups -OCH3 is 1. The summed E-state index contributed by atoms with van der Waals surface area (Å²) in [4.78, 5) is 18.3. The summed E-state index contributed by atoms with van der Waals surface area (Å²) in [6, 6.07) is 8.07. The Morgan fingerprint density at radius 2 is 1.80 bits per heavy atom. The number of benzene rings is 1. The molecule has 3 rings (SSSR count). The number of rotatable bonds is 4. The molecule has 0 bridgehead atoms. The first-order valence-electron chi connectivity index (χ1n) is 9.21. The Hall–Kier alpha value is -1.79. The number of amides is 1. The molecule has 1 N–H and O–H groups in total. The summed E-state index contributed by atoms with van der Waals surface area (Å²) in [5.41, 5.74) is 1.11. The summed E-state index contributed by atoms with van der Waals surface area (Å²) >= 11 is 0. The number of nitrogens with zero attached hydrogens (tertiary/aromatic N) is 2. The Morgan fingerprint density at radius 3 is 2.44 bits per heavy atom. The van der Waals surface area contributed by atoms with Gasteiger partial charge in [0.2, 0.25) is 0 Å². The van der Waals surface area contributed by atoms with E-state index in [1.54, 1.807) is 7.11 Å². The van der Waals surface area contributed by atoms with Crippen LogP contribution >= 0.6 is 0 Å². The molecule has 0 aromatic heterocycles. The van der Waals surface area contributed by atoms with Crippen LogP contribution in [0, 0.1) is 0 Å². The summed E-state index contributed by atoms with van der Waals surface area (Å²) in [6.07, 6.45) is 0.461. The molecule has 0 saturated carbocycles. The van der Waals surface area contributed by atoms with Crippen molar-refractivity contribution in [3.8, 4) is 5.75 Å². The molecule has 2 saturated heterocycles. The van der Waals surface area contributed by atoms with Crippen LogP contribution in [0.2, 0.25) is 0 Å². The van der Waals surface area contributed by atoms with Gasteiger partial charge in [-0.25, -0.2) is 0 Å². The Kier molecular flexibility index (Phi) is 5.81. The standard InChI is InChI=1S/C19H29N3O3/c1-15-12-20(13-16(2)25-15)14-19(23)22-10-8-21(9-11-22)17-6-4-5-7-18(17)24-3/h4-7,15-16H,8-14H2,1-3H3/p+1/t15-,16+. The fraction of sp³-hybridized carbons (Fsp3) is 0.632. The van der Waals surface area contributed by atoms with Gasteiger partial charge in [-0.15, -0.1) is 0 Å². The van der Waals surface area contributed by atoms with Crippen molar-refractivity contribution in [2.75, 3.05) is 57.8 Å². The summed E-state index contributed by atoms with van der Waals surface area (Å²) in [6.45, 7) is 9.81. The molecule has 2 heterocycles. The van der Waals surface area contributed by atoms with Crippen LogP contribution in [0.4, 0.5) is 5.69 Å². The number of anilines is 1. The molecular weight excluding hydrogens is 318 g/mol. The third-order valence-electron chi connectivity index (χ3n) is 5.08. The lowest BCUT2D eigenvalue weighted by Gasteiger charge is -2.38. The molecule has 6 heteroatoms. The van der Waals surface area contributed by atoms with Gasteiger partial charge in [-0.1, -0.05) is 12.1 Å². The lowest BCUT2D eigenvalue weighted by molar-refractivity contribution is -0.907. The van der Waals surface area contributed by atoms with E-state index >= 15 is 0 Å². The van der Waals surface area contributed by atoms with Crippen LogP contribution in [0.15, 0.2) is 24.3 Å². The van der Waals surface area contributed by atoms with E-state index in [1.165, 1.54) is 4.90 Å². The molecule has 1 aromatic carbocycles. The van der Waals surface area contributed by atoms with Crippen molar-refractivity contribution in [2.24, 2.45) is 0 Å². The second kappa shape index (κ2) is 8.06. The molecule has 6 nitrogen and oxygen atoms in total. The summed E-state index contributed by atoms with van der Waals surface area (Å²) in [5, 5.41) is 0. The van der Waals surface area contributed by atoms with Crippen LogP contribution in [0.1, 0.15) is 13.8 Å². The van der Waals surface area contributed by atoms with Crippen molar-refractivity contribution < 1.29 is 19.2 Å². The van der Waals surface area contributed by atoms with Gasteiger partial charge >= 0.3 is 0 Å². The van der Waals surface area contributed by atoms with Crippen LogP contribution in [0.25, 0.3) is 0 Å². The first-order chi connectivity index (χ1) is 12.1. The van der Waals surface area contributed by atoms with Crippen LogP contribution in [0.3, 0.4) is 0 Å². The number of hydrogen-bond donors (Lipinski definition) is 1. The van der Waals surface area contributed by atoms with Crippen LogP contribution in [-0.2, 0) is 9.53 Å². The Balaban J connectivity index is 1.52. The predicted octanol–water partition coefficient (Wildman–Crippen LogP) is 0.0359. The number of nitrogens with one attached hydrogen (secondary N) is 1. The normalized spacial score (nSPS) is 27.2. The van der Waals surface area contributed by atoms with E-state index in [-0.39, 0.29) is 18.1 Å². The minimum Gasteiger partial charge on any atom is -0.495 e. The van der Waals surface area contributed by atoms with Crippen molar-refractivity contribution in [1.82, 2.24) is 4.90 Å². The zero-order chi connectivity index (χ0) is 17.8. The van der Waals surface area contributed by atoms with E-state index in [0.29, 0.717) is 6.54 Å². The van der Waals surface area contributed by atoms with Gasteiger partial charge in [-0.2, -0.15) is 0 Å². The molecular formula is C19H30N3O3+. The Bertz CT molecular complexity index is 577. The molecule has 138 valence electrons. The SMILES string of the molecule is COc1ccccc1N1CCN(C(=O)C[NH+]2C[C@@H](C)O[C@@H](C)C2)CC1. The van der Waals surface area contributed by atoms with Crippen molar-refractivity contribution in [1.29, 1.82) is 0 Å². The number of piperazine rings is 1. The summed E-state index contributed by atoms with van der Waals surface area (Å²) in [5.74, 6) is 1.15. The second-order valence-corrected chi connectivity index (χ2v) is 7.13. The topological polar surface area (TPSA) is 46.5 Å². The Labute approximate surface area is 150 Å². The van der Waals surface area contributed by atoms with E-state index in [1.807, 2.05) is 23.1 Å². The van der Waals surface area contributed by atoms with Crippen molar-refractivity contribution in [2.45, 2.75) is 26.1 Å². The van der Waals surface area contributed by atoms with E-state index in [9.17, 15) is 4.79 Å². The average Bonchev–Trinajstić information content (AvgIpc) is 2.61. The fourth-order valence-corrected chi connectivity index (χ4v) is 3.95. The van der Waals surface area contributed by atoms with Gasteiger partial charge in [0.1, 0.15) is 31.0 Å². The number of quaternary nitrogens is 1. The van der Waals surface area contributed by atoms with Gasteiger partial charge in [0, 0.05) is 26.2 Å². The molecule has 0 spiro atoms. The predicted molar refractivity (Wildman–Crippen MR) is 97.4 cm³/mol. The lowest BCUT2D eigenvalue weighted by Crippen LogP contribution is -3.16. The van der Waals surface area contributed by atoms with Crippen molar-refractivity contribution in [3.63, 3.8) is 0 Å². The summed E-state index contributed by atoms with van der Waals surface area (Å²) in [7, 11) is 1.70. The molecule has 2 aliphatic heterocycles. The van der Waals surface area contributed by atoms with Crippen LogP contribution < -0.4 is 14.5 Å². The first kappa shape index (κ1) is 18.0. The molecule has 0 radical (unpaired) electrons. The zero-order valence-electron chi connectivity index (χ0n) is 15.5. The van der Waals surface area contributed by atoms with E-state index in [2.05, 4.69) is 24.8 Å². The van der Waals surface area contributed by atoms with E-state index < -0.39 is 0 Å². The van der Waals surface area contributed by atoms with Crippen molar-refractivity contribution in [3.05, 3.63) is 24.3 Å². The van der Waals surface area contributed by atoms with Gasteiger partial charge in [0.05, 0.1) is 12.8 Å². The van der Waals surface area contributed by atoms with E-state index in [0.717, 1.165) is 50.7 Å². The molecule has 0 aliphatic carbocycles. The smallest absolute Gasteiger partial charge is 0.277 e. The second-order valence-electron chi connectivity index (χ2n) is 7.13. The van der Waals surface area contributed by atoms with E-state index in [4.69, 9.17) is 9.47 Å². The molecule has 2 fully saturated rings. The summed E-state index contributed by atoms with van der Waals surface area (Å²) < 4.78 is 11.2. The highest BCUT2D eigenvalue weighted by Crippen LogP contribution is 2.28. The molecule has 1 aromatic rings. The minimum atomic E-state index is 0.231. The molecule has 2 aliphatic rings. The van der Waals surface area contributed by atoms with Gasteiger partial charge < -0.3 is 24.2 Å². The maximum atomic E-state index is 12.7. The minimum absolute atomic E-state index is 0.231. The monoisotopic (exact) mass is 348 g/mol. The first-order valence-corrected chi connectivity index (χ1v) is 9.21. The lowest BCUT2D eigenvalue weighted by atomic mass is 10.2. The molecule has 25 heavy (non-hydrogen) atoms. The average molecular weight is 348 g/mol. The number of carbonyl (C=O) groups excluding carboxylic acids is 1. The zero-order valence-corrected chi connectivity index (χ0v) is 15.5. The number of hydrogen-bond acceptors (Lipinski definition) is 4. The van der Waals surface area contributed by atoms with Crippen molar-refractivity contribution >= 4 is 11.6 Å². The highest BCUT2D eigenvalue weighted by Gasteiger charge is 2.30. The number of carbonyl (C=O) groups is 1. The van der Waals surface area contributed by atoms with Crippen LogP contribution in [-0.4, -0.2) is 75.9 Å². The largest absolute Gasteiger partial charge is 0.495 e. The van der Waals surface area contributed by atoms with Gasteiger partial charge in [0.25, 0.3) is 5.91 Å². The van der Waals surface area contributed by atoms with Gasteiger partial charge in [-0.05, 0) is 26.0 Å². The highest BCUT2D eigenvalue weighted by molar-refractivity contribution is 5.77. The Morgan fingerprint density at radius 1 is 1.16 bits per heavy atom. The quantitative estimate of drug-likeness (QED) is 0.834.